The standard InChI is InChI=1S/C12H17NO2.C6H4/c1-4-12(9-7-6-8-10-12)13(3)11(14)15-5-2;1-2-5-4-6(5)3-1/h1,6-7H,5,8-10H2,2-3H3;1-4H. The number of ether oxygens (including phenoxy) is 1. The van der Waals surface area contributed by atoms with E-state index in [1.807, 2.05) is 6.08 Å². The molecule has 0 heterocycles. The molecule has 0 aromatic heterocycles. The lowest BCUT2D eigenvalue weighted by Gasteiger charge is -2.37. The number of nitrogens with zero attached hydrogens (tertiary/aromatic N) is 1. The predicted molar refractivity (Wildman–Crippen MR) is 84.8 cm³/mol. The van der Waals surface area contributed by atoms with E-state index >= 15 is 0 Å². The zero-order chi connectivity index (χ0) is 15.3. The SMILES string of the molecule is C#CC1(N(C)C(=O)OCC)CC=CCC1.c1cc2cc-2c1. The van der Waals surface area contributed by atoms with Crippen LogP contribution in [0.4, 0.5) is 4.79 Å². The zero-order valence-electron chi connectivity index (χ0n) is 12.6. The summed E-state index contributed by atoms with van der Waals surface area (Å²) in [5.41, 5.74) is 2.35. The van der Waals surface area contributed by atoms with Crippen molar-refractivity contribution in [1.29, 1.82) is 0 Å². The summed E-state index contributed by atoms with van der Waals surface area (Å²) in [7, 11) is 1.71. The van der Waals surface area contributed by atoms with Gasteiger partial charge in [0, 0.05) is 13.5 Å². The van der Waals surface area contributed by atoms with E-state index in [0.717, 1.165) is 12.8 Å². The molecule has 110 valence electrons. The Morgan fingerprint density at radius 3 is 2.52 bits per heavy atom. The molecule has 0 saturated carbocycles. The van der Waals surface area contributed by atoms with Gasteiger partial charge in [-0.3, -0.25) is 4.90 Å². The average Bonchev–Trinajstić information content (AvgIpc) is 3.13. The first-order valence-corrected chi connectivity index (χ1v) is 7.27. The van der Waals surface area contributed by atoms with Crippen LogP contribution in [0.3, 0.4) is 0 Å². The van der Waals surface area contributed by atoms with Crippen LogP contribution < -0.4 is 0 Å². The molecule has 0 bridgehead atoms. The fourth-order valence-corrected chi connectivity index (χ4v) is 2.42. The van der Waals surface area contributed by atoms with E-state index < -0.39 is 5.54 Å². The molecule has 3 aliphatic carbocycles. The van der Waals surface area contributed by atoms with Crippen molar-refractivity contribution >= 4 is 6.09 Å². The summed E-state index contributed by atoms with van der Waals surface area (Å²) in [5.74, 6) is 2.73. The van der Waals surface area contributed by atoms with E-state index in [1.165, 1.54) is 11.1 Å². The molecule has 3 rings (SSSR count). The summed E-state index contributed by atoms with van der Waals surface area (Å²) in [6.07, 6.45) is 11.7. The van der Waals surface area contributed by atoms with E-state index in [9.17, 15) is 4.79 Å². The summed E-state index contributed by atoms with van der Waals surface area (Å²) in [5, 5.41) is 0. The Morgan fingerprint density at radius 1 is 1.43 bits per heavy atom. The number of hydrogen-bond acceptors (Lipinski definition) is 2. The Hall–Kier alpha value is -2.21. The van der Waals surface area contributed by atoms with Crippen molar-refractivity contribution in [3.8, 4) is 23.5 Å². The van der Waals surface area contributed by atoms with Gasteiger partial charge in [0.05, 0.1) is 6.61 Å². The molecule has 3 aliphatic rings. The monoisotopic (exact) mass is 283 g/mol. The number of terminal acetylenes is 1. The molecule has 3 heteroatoms. The molecule has 3 nitrogen and oxygen atoms in total. The lowest BCUT2D eigenvalue weighted by atomic mass is 9.85. The van der Waals surface area contributed by atoms with Crippen LogP contribution in [0.25, 0.3) is 11.1 Å². The quantitative estimate of drug-likeness (QED) is 0.619. The van der Waals surface area contributed by atoms with Crippen molar-refractivity contribution < 1.29 is 9.53 Å². The number of rotatable bonds is 2. The van der Waals surface area contributed by atoms with Crippen LogP contribution in [-0.4, -0.2) is 30.2 Å². The van der Waals surface area contributed by atoms with Crippen LogP contribution in [0.5, 0.6) is 0 Å². The van der Waals surface area contributed by atoms with Gasteiger partial charge in [-0.2, -0.15) is 0 Å². The lowest BCUT2D eigenvalue weighted by Crippen LogP contribution is -2.49. The molecule has 0 saturated heterocycles. The third kappa shape index (κ3) is 3.46. The highest BCUT2D eigenvalue weighted by Gasteiger charge is 2.36. The van der Waals surface area contributed by atoms with Crippen molar-refractivity contribution in [2.45, 2.75) is 31.7 Å². The van der Waals surface area contributed by atoms with Crippen LogP contribution in [0.15, 0.2) is 36.4 Å². The lowest BCUT2D eigenvalue weighted by molar-refractivity contribution is 0.0827. The van der Waals surface area contributed by atoms with E-state index in [-0.39, 0.29) is 6.09 Å². The molecule has 0 spiro atoms. The highest BCUT2D eigenvalue weighted by molar-refractivity contribution is 5.80. The van der Waals surface area contributed by atoms with Crippen molar-refractivity contribution in [1.82, 2.24) is 4.90 Å². The Labute approximate surface area is 126 Å². The largest absolute Gasteiger partial charge is 0.450 e. The second-order valence-corrected chi connectivity index (χ2v) is 5.23. The highest BCUT2D eigenvalue weighted by Crippen LogP contribution is 2.32. The number of hydrogen-bond donors (Lipinski definition) is 0. The van der Waals surface area contributed by atoms with Gasteiger partial charge < -0.3 is 4.74 Å². The molecule has 1 amide bonds. The van der Waals surface area contributed by atoms with Crippen molar-refractivity contribution in [3.63, 3.8) is 0 Å². The smallest absolute Gasteiger partial charge is 0.410 e. The van der Waals surface area contributed by atoms with Crippen LogP contribution in [-0.2, 0) is 4.74 Å². The van der Waals surface area contributed by atoms with Gasteiger partial charge in [-0.05, 0) is 37.0 Å². The molecule has 0 radical (unpaired) electrons. The Bertz CT molecular complexity index is 568. The molecule has 0 N–H and O–H groups in total. The molecular formula is C18H21NO2. The number of allylic oxidation sites excluding steroid dienone is 1. The fraction of sp³-hybridized carbons (Fsp3) is 0.389. The van der Waals surface area contributed by atoms with Gasteiger partial charge in [-0.1, -0.05) is 36.3 Å². The second-order valence-electron chi connectivity index (χ2n) is 5.23. The van der Waals surface area contributed by atoms with E-state index in [1.54, 1.807) is 18.9 Å². The van der Waals surface area contributed by atoms with Crippen molar-refractivity contribution in [3.05, 3.63) is 36.4 Å². The summed E-state index contributed by atoms with van der Waals surface area (Å²) in [6.45, 7) is 2.16. The second kappa shape index (κ2) is 6.49. The number of carbonyl (C=O) groups is 1. The van der Waals surface area contributed by atoms with Crippen LogP contribution in [0.1, 0.15) is 26.2 Å². The van der Waals surface area contributed by atoms with Gasteiger partial charge in [-0.15, -0.1) is 6.42 Å². The molecule has 0 aliphatic heterocycles. The molecule has 1 unspecified atom stereocenters. The number of amides is 1. The minimum absolute atomic E-state index is 0.342. The van der Waals surface area contributed by atoms with Gasteiger partial charge >= 0.3 is 6.09 Å². The van der Waals surface area contributed by atoms with Crippen LogP contribution >= 0.6 is 0 Å². The van der Waals surface area contributed by atoms with Crippen LogP contribution in [0.2, 0.25) is 0 Å². The maximum Gasteiger partial charge on any atom is 0.410 e. The average molecular weight is 283 g/mol. The van der Waals surface area contributed by atoms with Gasteiger partial charge in [0.15, 0.2) is 0 Å². The van der Waals surface area contributed by atoms with Gasteiger partial charge in [-0.25, -0.2) is 4.79 Å². The third-order valence-corrected chi connectivity index (χ3v) is 3.91. The summed E-state index contributed by atoms with van der Waals surface area (Å²) < 4.78 is 4.95. The molecule has 21 heavy (non-hydrogen) atoms. The van der Waals surface area contributed by atoms with Gasteiger partial charge in [0.25, 0.3) is 0 Å². The zero-order valence-corrected chi connectivity index (χ0v) is 12.6. The van der Waals surface area contributed by atoms with E-state index in [0.29, 0.717) is 13.0 Å². The number of fused-ring (bicyclic) bond motifs is 1. The summed E-state index contributed by atoms with van der Waals surface area (Å²) >= 11 is 0. The Balaban J connectivity index is 0.000000218. The highest BCUT2D eigenvalue weighted by atomic mass is 16.6. The summed E-state index contributed by atoms with van der Waals surface area (Å²) in [6, 6.07) is 8.48. The topological polar surface area (TPSA) is 29.5 Å². The van der Waals surface area contributed by atoms with Gasteiger partial charge in [0.2, 0.25) is 0 Å². The normalized spacial score (nSPS) is 20.6. The minimum atomic E-state index is -0.499. The molecule has 0 aromatic rings. The predicted octanol–water partition coefficient (Wildman–Crippen LogP) is 3.85. The Kier molecular flexibility index (Phi) is 4.70. The maximum atomic E-state index is 11.6. The third-order valence-electron chi connectivity index (χ3n) is 3.91. The maximum absolute atomic E-state index is 11.6. The number of benzene rings is 1. The molecule has 0 fully saturated rings. The number of carbonyl (C=O) groups excluding carboxylic acids is 1. The molecular weight excluding hydrogens is 262 g/mol. The van der Waals surface area contributed by atoms with Crippen LogP contribution in [0, 0.1) is 12.3 Å². The van der Waals surface area contributed by atoms with Crippen molar-refractivity contribution in [2.75, 3.05) is 13.7 Å². The first kappa shape index (κ1) is 15.2. The van der Waals surface area contributed by atoms with E-state index in [4.69, 9.17) is 11.2 Å². The fourth-order valence-electron chi connectivity index (χ4n) is 2.42. The minimum Gasteiger partial charge on any atom is -0.450 e. The van der Waals surface area contributed by atoms with E-state index in [2.05, 4.69) is 36.3 Å². The molecule has 0 aromatic carbocycles. The molecule has 1 atom stereocenters. The first-order valence-electron chi connectivity index (χ1n) is 7.27. The first-order chi connectivity index (χ1) is 10.1. The van der Waals surface area contributed by atoms with Gasteiger partial charge in [0.1, 0.15) is 5.54 Å². The Morgan fingerprint density at radius 2 is 2.14 bits per heavy atom. The summed E-state index contributed by atoms with van der Waals surface area (Å²) in [4.78, 5) is 13.1. The van der Waals surface area contributed by atoms with Crippen molar-refractivity contribution in [2.24, 2.45) is 0 Å².